The van der Waals surface area contributed by atoms with Crippen molar-refractivity contribution >= 4 is 0 Å². The van der Waals surface area contributed by atoms with Crippen molar-refractivity contribution in [2.45, 2.75) is 0 Å². The molecule has 1 nitrogen and oxygen atoms in total. The molecule has 0 bridgehead atoms. The smallest absolute Gasteiger partial charge is 0 e. The van der Waals surface area contributed by atoms with Crippen LogP contribution in [-0.4, -0.2) is 11.9 Å². The summed E-state index contributed by atoms with van der Waals surface area (Å²) in [4.78, 5) is 1.50. The molecule has 0 atom stereocenters. The Morgan fingerprint density at radius 3 is 1.40 bits per heavy atom. The van der Waals surface area contributed by atoms with Crippen LogP contribution in [-0.2, 0) is 32.7 Å². The fourth-order valence-electron chi connectivity index (χ4n) is 0. The van der Waals surface area contributed by atoms with Gasteiger partial charge in [0.15, 0.2) is 0 Å². The number of nitrogens with zero attached hydrogens (tertiary/aromatic N) is 1. The molecule has 0 aromatic heterocycles. The van der Waals surface area contributed by atoms with Crippen molar-refractivity contribution in [2.24, 2.45) is 0 Å². The van der Waals surface area contributed by atoms with Gasteiger partial charge >= 0.3 is 0 Å². The average molecular weight is 146 g/mol. The van der Waals surface area contributed by atoms with Crippen molar-refractivity contribution in [3.8, 4) is 0 Å². The van der Waals surface area contributed by atoms with Gasteiger partial charge in [0, 0.05) is 32.7 Å². The van der Waals surface area contributed by atoms with Gasteiger partial charge in [-0.25, -0.2) is 0 Å². The fourth-order valence-corrected chi connectivity index (χ4v) is 0. The van der Waals surface area contributed by atoms with E-state index < -0.39 is 0 Å². The van der Waals surface area contributed by atoms with Gasteiger partial charge in [-0.2, -0.15) is 0 Å². The summed E-state index contributed by atoms with van der Waals surface area (Å²) in [5.41, 5.74) is 0. The van der Waals surface area contributed by atoms with E-state index in [1.807, 2.05) is 0 Å². The van der Waals surface area contributed by atoms with Crippen LogP contribution in [0.1, 0.15) is 0 Å². The van der Waals surface area contributed by atoms with Gasteiger partial charge in [0.05, 0.1) is 0 Å². The topological polar surface area (TPSA) is 3.24 Å². The van der Waals surface area contributed by atoms with Gasteiger partial charge in [-0.05, 0) is 0 Å². The van der Waals surface area contributed by atoms with Crippen LogP contribution < -0.4 is 0 Å². The number of hydrogen-bond donors (Lipinski definition) is 0. The maximum absolute atomic E-state index is 3.36. The van der Waals surface area contributed by atoms with Crippen LogP contribution in [0.15, 0.2) is 0 Å². The van der Waals surface area contributed by atoms with Gasteiger partial charge < -0.3 is 19.0 Å². The number of hydrogen-bond acceptors (Lipinski definition) is 1. The first-order chi connectivity index (χ1) is 1.73. The van der Waals surface area contributed by atoms with E-state index in [0.717, 1.165) is 0 Å². The van der Waals surface area contributed by atoms with Crippen LogP contribution in [0.2, 0.25) is 0 Å². The van der Waals surface area contributed by atoms with Crippen LogP contribution in [0.5, 0.6) is 0 Å². The zero-order valence-corrected chi connectivity index (χ0v) is 6.28. The maximum Gasteiger partial charge on any atom is 0 e. The summed E-state index contributed by atoms with van der Waals surface area (Å²) in [6.45, 7) is 0. The summed E-state index contributed by atoms with van der Waals surface area (Å²) in [6, 6.07) is 0. The van der Waals surface area contributed by atoms with Crippen molar-refractivity contribution in [1.29, 1.82) is 0 Å². The maximum atomic E-state index is 3.36. The Morgan fingerprint density at radius 2 is 1.40 bits per heavy atom. The Morgan fingerprint density at radius 1 is 1.40 bits per heavy atom. The molecule has 0 fully saturated rings. The Balaban J connectivity index is 0. The van der Waals surface area contributed by atoms with E-state index in [-0.39, 0.29) is 32.7 Å². The molecule has 29 valence electrons. The zero-order valence-electron chi connectivity index (χ0n) is 3.44. The fraction of sp³-hybridized carbons (Fsp3) is 0.333. The Bertz CT molecular complexity index is 11.6. The quantitative estimate of drug-likeness (QED) is 0.450. The van der Waals surface area contributed by atoms with Crippen LogP contribution in [0.3, 0.4) is 0 Å². The van der Waals surface area contributed by atoms with E-state index in [2.05, 4.69) is 14.1 Å². The van der Waals surface area contributed by atoms with Crippen molar-refractivity contribution in [3.05, 3.63) is 14.1 Å². The minimum atomic E-state index is 0. The molecule has 0 aliphatic rings. The second kappa shape index (κ2) is 5.06. The van der Waals surface area contributed by atoms with E-state index >= 15 is 0 Å². The molecular weight excluding hydrogens is 139 g/mol. The molecule has 0 aromatic carbocycles. The molecule has 0 saturated heterocycles. The Labute approximate surface area is 58.6 Å². The third kappa shape index (κ3) is 42.0. The van der Waals surface area contributed by atoms with Gasteiger partial charge in [-0.15, -0.1) is 0 Å². The van der Waals surface area contributed by atoms with Gasteiger partial charge in [0.1, 0.15) is 0 Å². The van der Waals surface area contributed by atoms with Crippen LogP contribution in [0.4, 0.5) is 0 Å². The van der Waals surface area contributed by atoms with E-state index in [1.54, 1.807) is 7.05 Å². The molecule has 0 unspecified atom stereocenters. The van der Waals surface area contributed by atoms with Crippen molar-refractivity contribution in [3.63, 3.8) is 0 Å². The summed E-state index contributed by atoms with van der Waals surface area (Å²) in [5.74, 6) is 0. The average Bonchev–Trinajstić information content (AvgIpc) is 0.811. The monoisotopic (exact) mass is 146 g/mol. The third-order valence-corrected chi connectivity index (χ3v) is 0. The van der Waals surface area contributed by atoms with Crippen molar-refractivity contribution in [2.75, 3.05) is 7.05 Å². The first-order valence-corrected chi connectivity index (χ1v) is 1.08. The van der Waals surface area contributed by atoms with E-state index in [9.17, 15) is 0 Å². The van der Waals surface area contributed by atoms with E-state index in [0.29, 0.717) is 0 Å². The summed E-state index contributed by atoms with van der Waals surface area (Å²) < 4.78 is 0. The van der Waals surface area contributed by atoms with Gasteiger partial charge in [-0.3, -0.25) is 0 Å². The second-order valence-electron chi connectivity index (χ2n) is 0.856. The predicted molar refractivity (Wildman–Crippen MR) is 18.5 cm³/mol. The van der Waals surface area contributed by atoms with Gasteiger partial charge in [-0.1, -0.05) is 7.05 Å². The molecule has 0 rings (SSSR count). The molecule has 2 heteroatoms. The molecule has 0 spiro atoms. The molecule has 0 N–H and O–H groups in total. The largest absolute Gasteiger partial charge is 0.613 e. The second-order valence-corrected chi connectivity index (χ2v) is 0.856. The molecule has 5 heavy (non-hydrogen) atoms. The van der Waals surface area contributed by atoms with Crippen LogP contribution >= 0.6 is 0 Å². The molecule has 0 aromatic rings. The van der Waals surface area contributed by atoms with Gasteiger partial charge in [0.2, 0.25) is 0 Å². The SMILES string of the molecule is [CH2-]N([CH2-])C.[Y]. The van der Waals surface area contributed by atoms with E-state index in [4.69, 9.17) is 0 Å². The van der Waals surface area contributed by atoms with Gasteiger partial charge in [0.25, 0.3) is 0 Å². The molecule has 0 heterocycles. The first-order valence-electron chi connectivity index (χ1n) is 1.08. The predicted octanol–water partition coefficient (Wildman–Crippen LogP) is 0.499. The molecule has 0 aliphatic carbocycles. The molecular formula is C3H7NY-2. The number of rotatable bonds is 0. The minimum absolute atomic E-state index is 0. The molecule has 0 saturated carbocycles. The van der Waals surface area contributed by atoms with Crippen LogP contribution in [0.25, 0.3) is 0 Å². The summed E-state index contributed by atoms with van der Waals surface area (Å²) in [5, 5.41) is 0. The minimum Gasteiger partial charge on any atom is -0.613 e. The summed E-state index contributed by atoms with van der Waals surface area (Å²) in [6.07, 6.45) is 0. The van der Waals surface area contributed by atoms with Crippen LogP contribution in [0, 0.1) is 14.1 Å². The summed E-state index contributed by atoms with van der Waals surface area (Å²) >= 11 is 0. The standard InChI is InChI=1S/C3H7N.Y/c1-4(2)3;/h1-2H2,3H3;/q-2;. The Kier molecular flexibility index (Phi) is 9.54. The summed E-state index contributed by atoms with van der Waals surface area (Å²) in [7, 11) is 8.50. The first kappa shape index (κ1) is 9.42. The van der Waals surface area contributed by atoms with Crippen molar-refractivity contribution < 1.29 is 32.7 Å². The Hall–Kier alpha value is 1.06. The molecule has 0 aliphatic heterocycles. The van der Waals surface area contributed by atoms with E-state index in [1.165, 1.54) is 4.90 Å². The molecule has 1 radical (unpaired) electrons. The molecule has 0 amide bonds. The van der Waals surface area contributed by atoms with Crippen molar-refractivity contribution in [1.82, 2.24) is 4.90 Å². The normalized spacial score (nSPS) is 7.20. The zero-order chi connectivity index (χ0) is 3.58. The third-order valence-electron chi connectivity index (χ3n) is 0.